The van der Waals surface area contributed by atoms with E-state index in [9.17, 15) is 4.79 Å². The van der Waals surface area contributed by atoms with Gasteiger partial charge in [-0.25, -0.2) is 4.98 Å². The van der Waals surface area contributed by atoms with E-state index in [1.54, 1.807) is 0 Å². The molecule has 1 N–H and O–H groups in total. The molecule has 1 aliphatic heterocycles. The molecule has 2 heterocycles. The van der Waals surface area contributed by atoms with Crippen LogP contribution in [0.15, 0.2) is 34.8 Å². The van der Waals surface area contributed by atoms with Gasteiger partial charge in [0, 0.05) is 34.9 Å². The summed E-state index contributed by atoms with van der Waals surface area (Å²) in [6.07, 6.45) is 7.83. The van der Waals surface area contributed by atoms with Crippen LogP contribution in [-0.4, -0.2) is 30.0 Å². The zero-order valence-electron chi connectivity index (χ0n) is 15.1. The Labute approximate surface area is 163 Å². The maximum atomic E-state index is 12.5. The molecule has 2 aliphatic rings. The van der Waals surface area contributed by atoms with Crippen LogP contribution in [0, 0.1) is 5.92 Å². The number of pyridine rings is 1. The van der Waals surface area contributed by atoms with Gasteiger partial charge in [0.15, 0.2) is 0 Å². The number of carbonyl (C=O) groups is 1. The molecule has 0 spiro atoms. The largest absolute Gasteiger partial charge is 0.356 e. The third-order valence-electron chi connectivity index (χ3n) is 5.80. The number of fused-ring (bicyclic) bond motifs is 1. The van der Waals surface area contributed by atoms with Crippen LogP contribution in [0.3, 0.4) is 0 Å². The van der Waals surface area contributed by atoms with E-state index in [1.165, 1.54) is 19.3 Å². The molecule has 26 heavy (non-hydrogen) atoms. The highest BCUT2D eigenvalue weighted by Gasteiger charge is 2.26. The predicted octanol–water partition coefficient (Wildman–Crippen LogP) is 4.66. The van der Waals surface area contributed by atoms with Crippen LogP contribution in [0.25, 0.3) is 10.9 Å². The normalized spacial score (nSPS) is 19.7. The Kier molecular flexibility index (Phi) is 5.44. The number of hydrogen-bond donors (Lipinski definition) is 1. The first-order valence-corrected chi connectivity index (χ1v) is 10.6. The summed E-state index contributed by atoms with van der Waals surface area (Å²) < 4.78 is 1.03. The van der Waals surface area contributed by atoms with Crippen molar-refractivity contribution < 1.29 is 4.79 Å². The Hall–Kier alpha value is -1.62. The Morgan fingerprint density at radius 3 is 2.58 bits per heavy atom. The predicted molar refractivity (Wildman–Crippen MR) is 109 cm³/mol. The molecule has 0 bridgehead atoms. The van der Waals surface area contributed by atoms with Gasteiger partial charge >= 0.3 is 0 Å². The van der Waals surface area contributed by atoms with Crippen LogP contribution in [0.1, 0.15) is 44.9 Å². The molecule has 138 valence electrons. The molecule has 1 saturated heterocycles. The van der Waals surface area contributed by atoms with E-state index < -0.39 is 0 Å². The zero-order chi connectivity index (χ0) is 17.9. The first-order chi connectivity index (χ1) is 12.7. The fourth-order valence-corrected chi connectivity index (χ4v) is 4.68. The van der Waals surface area contributed by atoms with Crippen molar-refractivity contribution in [2.24, 2.45) is 5.92 Å². The summed E-state index contributed by atoms with van der Waals surface area (Å²) in [6.45, 7) is 1.89. The molecule has 5 heteroatoms. The van der Waals surface area contributed by atoms with Gasteiger partial charge in [-0.15, -0.1) is 0 Å². The number of nitrogens with zero attached hydrogens (tertiary/aromatic N) is 2. The van der Waals surface area contributed by atoms with Gasteiger partial charge in [0.2, 0.25) is 5.91 Å². The smallest absolute Gasteiger partial charge is 0.223 e. The number of aromatic nitrogens is 1. The highest BCUT2D eigenvalue weighted by Crippen LogP contribution is 2.27. The number of rotatable bonds is 3. The average Bonchev–Trinajstić information content (AvgIpc) is 2.69. The molecule has 2 aromatic rings. The second-order valence-corrected chi connectivity index (χ2v) is 8.44. The summed E-state index contributed by atoms with van der Waals surface area (Å²) >= 11 is 3.60. The molecular weight excluding hydrogens is 390 g/mol. The minimum Gasteiger partial charge on any atom is -0.356 e. The highest BCUT2D eigenvalue weighted by atomic mass is 79.9. The summed E-state index contributed by atoms with van der Waals surface area (Å²) in [4.78, 5) is 19.6. The van der Waals surface area contributed by atoms with Gasteiger partial charge in [-0.2, -0.15) is 0 Å². The fraction of sp³-hybridized carbons (Fsp3) is 0.524. The number of para-hydroxylation sites is 1. The Morgan fingerprint density at radius 1 is 1.04 bits per heavy atom. The number of nitrogens with one attached hydrogen (secondary N) is 1. The van der Waals surface area contributed by atoms with Crippen molar-refractivity contribution >= 4 is 38.6 Å². The summed E-state index contributed by atoms with van der Waals surface area (Å²) in [5.74, 6) is 1.57. The van der Waals surface area contributed by atoms with E-state index in [0.717, 1.165) is 60.0 Å². The van der Waals surface area contributed by atoms with Crippen molar-refractivity contribution in [2.45, 2.75) is 51.0 Å². The summed E-state index contributed by atoms with van der Waals surface area (Å²) in [5.41, 5.74) is 1.01. The van der Waals surface area contributed by atoms with Crippen LogP contribution in [0.5, 0.6) is 0 Å². The van der Waals surface area contributed by atoms with E-state index in [1.807, 2.05) is 12.1 Å². The van der Waals surface area contributed by atoms with Crippen LogP contribution in [0.4, 0.5) is 5.82 Å². The molecule has 1 amide bonds. The molecule has 1 aromatic carbocycles. The van der Waals surface area contributed by atoms with Gasteiger partial charge < -0.3 is 10.2 Å². The lowest BCUT2D eigenvalue weighted by Gasteiger charge is -2.34. The number of carbonyl (C=O) groups excluding carboxylic acids is 1. The van der Waals surface area contributed by atoms with Crippen LogP contribution >= 0.6 is 15.9 Å². The second kappa shape index (κ2) is 7.95. The molecule has 0 radical (unpaired) electrons. The molecule has 1 aliphatic carbocycles. The molecule has 4 rings (SSSR count). The van der Waals surface area contributed by atoms with Gasteiger partial charge in [0.05, 0.1) is 5.52 Å². The second-order valence-electron chi connectivity index (χ2n) is 7.59. The van der Waals surface area contributed by atoms with Gasteiger partial charge in [-0.05, 0) is 59.8 Å². The monoisotopic (exact) mass is 415 g/mol. The average molecular weight is 416 g/mol. The molecule has 0 unspecified atom stereocenters. The maximum Gasteiger partial charge on any atom is 0.223 e. The topological polar surface area (TPSA) is 45.2 Å². The van der Waals surface area contributed by atoms with Crippen molar-refractivity contribution in [3.05, 3.63) is 34.8 Å². The van der Waals surface area contributed by atoms with Crippen LogP contribution in [-0.2, 0) is 4.79 Å². The molecule has 2 fully saturated rings. The van der Waals surface area contributed by atoms with Gasteiger partial charge in [-0.3, -0.25) is 4.79 Å². The minimum absolute atomic E-state index is 0.251. The highest BCUT2D eigenvalue weighted by molar-refractivity contribution is 9.10. The first kappa shape index (κ1) is 17.8. The molecule has 1 saturated carbocycles. The Bertz CT molecular complexity index is 780. The lowest BCUT2D eigenvalue weighted by Crippen LogP contribution is -2.46. The molecule has 0 atom stereocenters. The van der Waals surface area contributed by atoms with Crippen molar-refractivity contribution in [1.82, 2.24) is 10.3 Å². The zero-order valence-corrected chi connectivity index (χ0v) is 16.7. The van der Waals surface area contributed by atoms with E-state index in [2.05, 4.69) is 44.3 Å². The number of halogens is 1. The lowest BCUT2D eigenvalue weighted by molar-refractivity contribution is -0.126. The van der Waals surface area contributed by atoms with Crippen molar-refractivity contribution in [1.29, 1.82) is 0 Å². The number of hydrogen-bond acceptors (Lipinski definition) is 3. The van der Waals surface area contributed by atoms with E-state index >= 15 is 0 Å². The minimum atomic E-state index is 0.251. The number of amides is 1. The molecule has 4 nitrogen and oxygen atoms in total. The number of benzene rings is 1. The Morgan fingerprint density at radius 2 is 1.81 bits per heavy atom. The third kappa shape index (κ3) is 3.88. The Balaban J connectivity index is 1.36. The van der Waals surface area contributed by atoms with Crippen LogP contribution in [0.2, 0.25) is 0 Å². The van der Waals surface area contributed by atoms with Gasteiger partial charge in [0.25, 0.3) is 0 Å². The molecule has 1 aromatic heterocycles. The van der Waals surface area contributed by atoms with E-state index in [0.29, 0.717) is 6.04 Å². The van der Waals surface area contributed by atoms with Gasteiger partial charge in [0.1, 0.15) is 5.82 Å². The van der Waals surface area contributed by atoms with E-state index in [4.69, 9.17) is 4.98 Å². The summed E-state index contributed by atoms with van der Waals surface area (Å²) in [7, 11) is 0. The fourth-order valence-electron chi connectivity index (χ4n) is 4.21. The van der Waals surface area contributed by atoms with Gasteiger partial charge in [-0.1, -0.05) is 31.4 Å². The quantitative estimate of drug-likeness (QED) is 0.792. The first-order valence-electron chi connectivity index (χ1n) is 9.81. The number of anilines is 1. The van der Waals surface area contributed by atoms with Crippen molar-refractivity contribution in [3.63, 3.8) is 0 Å². The molecular formula is C21H26BrN3O. The summed E-state index contributed by atoms with van der Waals surface area (Å²) in [5, 5.41) is 4.46. The summed E-state index contributed by atoms with van der Waals surface area (Å²) in [6, 6.07) is 10.7. The van der Waals surface area contributed by atoms with Crippen LogP contribution < -0.4 is 10.2 Å². The van der Waals surface area contributed by atoms with E-state index in [-0.39, 0.29) is 11.8 Å². The number of piperidine rings is 1. The van der Waals surface area contributed by atoms with Crippen molar-refractivity contribution in [2.75, 3.05) is 18.0 Å². The lowest BCUT2D eigenvalue weighted by atomic mass is 9.88. The standard InChI is InChI=1S/C21H26BrN3O/c22-18-8-4-7-15-9-10-19(24-20(15)18)25-13-11-17(12-14-25)23-21(26)16-5-2-1-3-6-16/h4,7-10,16-17H,1-3,5-6,11-14H2,(H,23,26). The maximum absolute atomic E-state index is 12.5. The van der Waals surface area contributed by atoms with Crippen molar-refractivity contribution in [3.8, 4) is 0 Å². The third-order valence-corrected chi connectivity index (χ3v) is 6.44. The SMILES string of the molecule is O=C(NC1CCN(c2ccc3cccc(Br)c3n2)CC1)C1CCCCC1.